The third-order valence-electron chi connectivity index (χ3n) is 2.24. The predicted octanol–water partition coefficient (Wildman–Crippen LogP) is 1.45. The van der Waals surface area contributed by atoms with Crippen molar-refractivity contribution in [1.82, 2.24) is 0 Å². The Morgan fingerprint density at radius 2 is 1.67 bits per heavy atom. The van der Waals surface area contributed by atoms with Gasteiger partial charge in [0.1, 0.15) is 0 Å². The minimum absolute atomic E-state index is 0. The topological polar surface area (TPSA) is 99.0 Å². The second-order valence-corrected chi connectivity index (χ2v) is 5.83. The maximum Gasteiger partial charge on any atom is 0.330 e. The Hall–Kier alpha value is -1.12. The number of aliphatic imine (C=N–C) groups is 1. The molecule has 7 nitrogen and oxygen atoms in total. The Morgan fingerprint density at radius 3 is 1.89 bits per heavy atom. The molecule has 1 N–H and O–H groups in total. The summed E-state index contributed by atoms with van der Waals surface area (Å²) >= 11 is 0. The zero-order valence-electron chi connectivity index (χ0n) is 17.5. The van der Waals surface area contributed by atoms with Gasteiger partial charge in [-0.25, -0.2) is 9.59 Å². The summed E-state index contributed by atoms with van der Waals surface area (Å²) in [5.41, 5.74) is 0.519. The number of hydrogen-bond acceptors (Lipinski definition) is 5. The van der Waals surface area contributed by atoms with E-state index in [0.717, 1.165) is 29.6 Å². The zero-order valence-corrected chi connectivity index (χ0v) is 20.3. The van der Waals surface area contributed by atoms with Crippen molar-refractivity contribution in [1.29, 1.82) is 0 Å². The van der Waals surface area contributed by atoms with E-state index in [1.165, 1.54) is 0 Å². The van der Waals surface area contributed by atoms with Crippen LogP contribution in [-0.4, -0.2) is 97.8 Å². The molecule has 9 heteroatoms. The first-order valence-electron chi connectivity index (χ1n) is 7.73. The summed E-state index contributed by atoms with van der Waals surface area (Å²) in [6.07, 6.45) is 2.92. The van der Waals surface area contributed by atoms with Gasteiger partial charge in [-0.2, -0.15) is 0 Å². The molecule has 0 aliphatic carbocycles. The van der Waals surface area contributed by atoms with Gasteiger partial charge in [0.2, 0.25) is 0 Å². The number of carboxylic acids is 1. The first-order valence-corrected chi connectivity index (χ1v) is 7.73. The van der Waals surface area contributed by atoms with Gasteiger partial charge in [0.05, 0.1) is 34.3 Å². The number of aliphatic carboxylic acids is 1. The summed E-state index contributed by atoms with van der Waals surface area (Å²) in [6, 6.07) is 0. The van der Waals surface area contributed by atoms with Crippen LogP contribution in [0.25, 0.3) is 0 Å². The number of halogens is 1. The van der Waals surface area contributed by atoms with Crippen LogP contribution in [0.3, 0.4) is 0 Å². The monoisotopic (exact) mass is 415 g/mol. The summed E-state index contributed by atoms with van der Waals surface area (Å²) in [7, 11) is 6.38. The molecule has 0 atom stereocenters. The molecule has 0 aliphatic heterocycles. The molecule has 0 heterocycles. The van der Waals surface area contributed by atoms with Crippen molar-refractivity contribution in [2.24, 2.45) is 4.99 Å². The van der Waals surface area contributed by atoms with Gasteiger partial charge in [0.15, 0.2) is 0 Å². The smallest absolute Gasteiger partial charge is 0.330 e. The van der Waals surface area contributed by atoms with Crippen molar-refractivity contribution < 1.29 is 29.0 Å². The Labute approximate surface area is 191 Å². The van der Waals surface area contributed by atoms with E-state index in [4.69, 9.17) is 5.11 Å². The average Bonchev–Trinajstić information content (AvgIpc) is 2.51. The SMILES string of the molecule is C=C(C)C([O-])=NCCC[N+](C)(C)C.C=CC(=O)O.C=CC(=O)OCC.Cl.[Na]. The minimum Gasteiger partial charge on any atom is -0.859 e. The molecule has 0 fully saturated rings. The number of esters is 1. The molecule has 0 aliphatic rings. The van der Waals surface area contributed by atoms with E-state index in [1.807, 2.05) is 0 Å². The van der Waals surface area contributed by atoms with Crippen molar-refractivity contribution in [2.75, 3.05) is 40.8 Å². The van der Waals surface area contributed by atoms with Gasteiger partial charge in [0, 0.05) is 54.7 Å². The second kappa shape index (κ2) is 22.9. The Bertz CT molecular complexity index is 475. The molecule has 0 aromatic heterocycles. The van der Waals surface area contributed by atoms with Gasteiger partial charge >= 0.3 is 11.9 Å². The fraction of sp³-hybridized carbons (Fsp3) is 0.500. The Morgan fingerprint density at radius 1 is 1.22 bits per heavy atom. The summed E-state index contributed by atoms with van der Waals surface area (Å²) < 4.78 is 5.35. The van der Waals surface area contributed by atoms with E-state index < -0.39 is 5.97 Å². The van der Waals surface area contributed by atoms with Crippen LogP contribution in [0.4, 0.5) is 0 Å². The number of carbonyl (C=O) groups is 2. The molecule has 0 saturated heterocycles. The third kappa shape index (κ3) is 40.7. The van der Waals surface area contributed by atoms with E-state index in [1.54, 1.807) is 13.8 Å². The summed E-state index contributed by atoms with van der Waals surface area (Å²) in [5, 5.41) is 18.6. The molecule has 0 saturated carbocycles. The van der Waals surface area contributed by atoms with Crippen molar-refractivity contribution in [3.63, 3.8) is 0 Å². The third-order valence-corrected chi connectivity index (χ3v) is 2.24. The van der Waals surface area contributed by atoms with E-state index >= 15 is 0 Å². The Balaban J connectivity index is -0.0000000982. The normalized spacial score (nSPS) is 9.44. The molecule has 0 rings (SSSR count). The molecule has 0 bridgehead atoms. The standard InChI is InChI=1S/C10H20N2O.C5H8O2.C3H4O2.ClH.Na/c1-9(2)10(13)11-7-6-8-12(3,4)5;1-3-5(6)7-4-2;1-2-3(4)5;;/h1,6-8H2,2-5H3;3H,1,4H2,2H3;2H,1H2,(H,4,5);1H;. The maximum atomic E-state index is 11.0. The van der Waals surface area contributed by atoms with Crippen molar-refractivity contribution in [3.05, 3.63) is 37.5 Å². The molecular weight excluding hydrogens is 383 g/mol. The van der Waals surface area contributed by atoms with E-state index in [0.29, 0.717) is 18.7 Å². The number of hydrogen-bond donors (Lipinski definition) is 1. The van der Waals surface area contributed by atoms with E-state index in [2.05, 4.69) is 50.6 Å². The summed E-state index contributed by atoms with van der Waals surface area (Å²) in [6.45, 7) is 15.2. The van der Waals surface area contributed by atoms with Crippen LogP contribution in [0.1, 0.15) is 20.3 Å². The minimum atomic E-state index is -0.981. The van der Waals surface area contributed by atoms with E-state index in [-0.39, 0.29) is 53.8 Å². The predicted molar refractivity (Wildman–Crippen MR) is 112 cm³/mol. The largest absolute Gasteiger partial charge is 0.859 e. The quantitative estimate of drug-likeness (QED) is 0.123. The van der Waals surface area contributed by atoms with Crippen LogP contribution in [0, 0.1) is 0 Å². The van der Waals surface area contributed by atoms with Crippen LogP contribution in [0.5, 0.6) is 0 Å². The van der Waals surface area contributed by atoms with Crippen molar-refractivity contribution in [2.45, 2.75) is 20.3 Å². The van der Waals surface area contributed by atoms with Crippen LogP contribution in [0.2, 0.25) is 0 Å². The van der Waals surface area contributed by atoms with Gasteiger partial charge in [-0.15, -0.1) is 12.4 Å². The number of carbonyl (C=O) groups excluding carboxylic acids is 1. The molecule has 153 valence electrons. The van der Waals surface area contributed by atoms with Crippen LogP contribution in [0.15, 0.2) is 42.5 Å². The maximum absolute atomic E-state index is 11.0. The Kier molecular flexibility index (Phi) is 31.2. The summed E-state index contributed by atoms with van der Waals surface area (Å²) in [4.78, 5) is 23.2. The number of quaternary nitrogens is 1. The molecule has 0 unspecified atom stereocenters. The van der Waals surface area contributed by atoms with Crippen LogP contribution >= 0.6 is 12.4 Å². The molecule has 27 heavy (non-hydrogen) atoms. The molecular formula is C18H33ClN2NaO5. The fourth-order valence-corrected chi connectivity index (χ4v) is 1.06. The number of ether oxygens (including phenoxy) is 1. The number of rotatable bonds is 8. The first-order chi connectivity index (χ1) is 11.4. The van der Waals surface area contributed by atoms with Gasteiger partial charge in [-0.05, 0) is 25.3 Å². The first kappa shape index (κ1) is 36.7. The van der Waals surface area contributed by atoms with Gasteiger partial charge in [-0.1, -0.05) is 19.7 Å². The fourth-order valence-electron chi connectivity index (χ4n) is 1.06. The molecule has 0 spiro atoms. The molecule has 1 radical (unpaired) electrons. The summed E-state index contributed by atoms with van der Waals surface area (Å²) in [5.74, 6) is -1.51. The van der Waals surface area contributed by atoms with Gasteiger partial charge in [-0.3, -0.25) is 0 Å². The number of carboxylic acid groups (broad SMARTS) is 1. The molecule has 0 aromatic carbocycles. The molecule has 0 aromatic rings. The van der Waals surface area contributed by atoms with Crippen LogP contribution in [-0.2, 0) is 14.3 Å². The van der Waals surface area contributed by atoms with Crippen molar-refractivity contribution >= 4 is 59.8 Å². The second-order valence-electron chi connectivity index (χ2n) is 5.83. The van der Waals surface area contributed by atoms with E-state index in [9.17, 15) is 14.7 Å². The zero-order chi connectivity index (χ0) is 20.5. The van der Waals surface area contributed by atoms with Crippen LogP contribution < -0.4 is 5.11 Å². The average molecular weight is 416 g/mol. The molecule has 0 amide bonds. The number of nitrogens with zero attached hydrogens (tertiary/aromatic N) is 2. The van der Waals surface area contributed by atoms with Crippen molar-refractivity contribution in [3.8, 4) is 0 Å². The van der Waals surface area contributed by atoms with Gasteiger partial charge in [0.25, 0.3) is 0 Å². The van der Waals surface area contributed by atoms with Gasteiger partial charge < -0.3 is 24.4 Å².